The Hall–Kier alpha value is -1.78. The van der Waals surface area contributed by atoms with Gasteiger partial charge in [0, 0.05) is 25.0 Å². The molecule has 2 aromatic heterocycles. The second kappa shape index (κ2) is 9.79. The van der Waals surface area contributed by atoms with Crippen LogP contribution in [0.1, 0.15) is 20.3 Å². The summed E-state index contributed by atoms with van der Waals surface area (Å²) in [6.07, 6.45) is 1.07. The summed E-state index contributed by atoms with van der Waals surface area (Å²) in [5.41, 5.74) is 1.93. The predicted molar refractivity (Wildman–Crippen MR) is 126 cm³/mol. The maximum Gasteiger partial charge on any atom is 0.243 e. The van der Waals surface area contributed by atoms with E-state index in [0.29, 0.717) is 37.1 Å². The number of aromatic nitrogens is 1. The highest BCUT2D eigenvalue weighted by atomic mass is 32.2. The van der Waals surface area contributed by atoms with Crippen molar-refractivity contribution in [3.63, 3.8) is 0 Å². The molecule has 1 saturated heterocycles. The van der Waals surface area contributed by atoms with Crippen LogP contribution in [0, 0.1) is 5.92 Å². The van der Waals surface area contributed by atoms with Crippen molar-refractivity contribution in [2.45, 2.75) is 31.7 Å². The summed E-state index contributed by atoms with van der Waals surface area (Å²) in [5, 5.41) is 4.24. The highest BCUT2D eigenvalue weighted by Gasteiger charge is 2.26. The molecule has 0 amide bonds. The minimum absolute atomic E-state index is 0.298. The van der Waals surface area contributed by atoms with Crippen LogP contribution in [0.2, 0.25) is 0 Å². The van der Waals surface area contributed by atoms with Crippen LogP contribution in [-0.2, 0) is 21.3 Å². The number of nitrogens with zero attached hydrogens (tertiary/aromatic N) is 3. The number of morpholine rings is 1. The van der Waals surface area contributed by atoms with E-state index in [4.69, 9.17) is 9.73 Å². The Balaban J connectivity index is 1.64. The first-order valence-corrected chi connectivity index (χ1v) is 13.6. The molecule has 6 nitrogen and oxygen atoms in total. The number of thiophene rings is 1. The Bertz CT molecular complexity index is 1150. The van der Waals surface area contributed by atoms with E-state index in [0.717, 1.165) is 23.5 Å². The third kappa shape index (κ3) is 5.18. The predicted octanol–water partition coefficient (Wildman–Crippen LogP) is 4.58. The summed E-state index contributed by atoms with van der Waals surface area (Å²) >= 11 is 3.34. The third-order valence-electron chi connectivity index (χ3n) is 5.17. The van der Waals surface area contributed by atoms with Gasteiger partial charge >= 0.3 is 0 Å². The molecular weight excluding hydrogens is 450 g/mol. The number of benzene rings is 1. The molecule has 1 aliphatic rings. The monoisotopic (exact) mass is 477 g/mol. The van der Waals surface area contributed by atoms with E-state index in [9.17, 15) is 8.42 Å². The second-order valence-electron chi connectivity index (χ2n) is 7.84. The Kier molecular flexibility index (Phi) is 7.08. The minimum atomic E-state index is -3.49. The van der Waals surface area contributed by atoms with E-state index >= 15 is 0 Å². The van der Waals surface area contributed by atoms with Gasteiger partial charge in [-0.1, -0.05) is 19.9 Å². The van der Waals surface area contributed by atoms with Crippen molar-refractivity contribution in [2.75, 3.05) is 26.3 Å². The molecule has 0 N–H and O–H groups in total. The van der Waals surface area contributed by atoms with Crippen molar-refractivity contribution in [3.05, 3.63) is 52.0 Å². The molecule has 0 unspecified atom stereocenters. The van der Waals surface area contributed by atoms with Gasteiger partial charge in [0.05, 0.1) is 34.4 Å². The molecule has 0 bridgehead atoms. The smallest absolute Gasteiger partial charge is 0.243 e. The fourth-order valence-electron chi connectivity index (χ4n) is 3.38. The maximum atomic E-state index is 12.8. The third-order valence-corrected chi connectivity index (χ3v) is 8.84. The lowest BCUT2D eigenvalue weighted by Crippen LogP contribution is -2.40. The SMILES string of the molecule is CC(C)CCn1c(-c2cccs2)csc1=Nc1ccc(S(=O)(=O)N2CCOCC2)cc1. The molecule has 3 heterocycles. The van der Waals surface area contributed by atoms with Crippen LogP contribution in [0.25, 0.3) is 10.6 Å². The van der Waals surface area contributed by atoms with E-state index in [1.54, 1.807) is 46.9 Å². The molecular formula is C22H27N3O3S3. The zero-order valence-corrected chi connectivity index (χ0v) is 20.2. The summed E-state index contributed by atoms with van der Waals surface area (Å²) in [6, 6.07) is 11.1. The normalized spacial score (nSPS) is 16.3. The summed E-state index contributed by atoms with van der Waals surface area (Å²) in [4.78, 5) is 7.29. The molecule has 1 fully saturated rings. The van der Waals surface area contributed by atoms with Crippen LogP contribution in [0.4, 0.5) is 5.69 Å². The summed E-state index contributed by atoms with van der Waals surface area (Å²) in [7, 11) is -3.49. The van der Waals surface area contributed by atoms with Gasteiger partial charge < -0.3 is 9.30 Å². The molecule has 0 saturated carbocycles. The zero-order valence-electron chi connectivity index (χ0n) is 17.7. The molecule has 1 aliphatic heterocycles. The molecule has 9 heteroatoms. The zero-order chi connectivity index (χ0) is 21.8. The van der Waals surface area contributed by atoms with Gasteiger partial charge in [-0.05, 0) is 48.1 Å². The Morgan fingerprint density at radius 1 is 1.10 bits per heavy atom. The fourth-order valence-corrected chi connectivity index (χ4v) is 6.56. The lowest BCUT2D eigenvalue weighted by atomic mass is 10.1. The first kappa shape index (κ1) is 22.4. The Labute approximate surface area is 191 Å². The van der Waals surface area contributed by atoms with Gasteiger partial charge in [-0.2, -0.15) is 4.31 Å². The lowest BCUT2D eigenvalue weighted by Gasteiger charge is -2.26. The van der Waals surface area contributed by atoms with Crippen molar-refractivity contribution in [1.82, 2.24) is 8.87 Å². The number of hydrogen-bond donors (Lipinski definition) is 0. The van der Waals surface area contributed by atoms with Gasteiger partial charge in [-0.15, -0.1) is 22.7 Å². The Morgan fingerprint density at radius 3 is 2.48 bits per heavy atom. The molecule has 0 radical (unpaired) electrons. The van der Waals surface area contributed by atoms with Gasteiger partial charge in [0.2, 0.25) is 10.0 Å². The molecule has 0 atom stereocenters. The number of thiazole rings is 1. The van der Waals surface area contributed by atoms with Gasteiger partial charge in [0.1, 0.15) is 0 Å². The van der Waals surface area contributed by atoms with Gasteiger partial charge in [0.25, 0.3) is 0 Å². The van der Waals surface area contributed by atoms with Gasteiger partial charge in [-0.3, -0.25) is 0 Å². The quantitative estimate of drug-likeness (QED) is 0.500. The molecule has 31 heavy (non-hydrogen) atoms. The molecule has 166 valence electrons. The van der Waals surface area contributed by atoms with E-state index in [1.165, 1.54) is 14.9 Å². The molecule has 4 rings (SSSR count). The molecule has 0 aliphatic carbocycles. The van der Waals surface area contributed by atoms with Crippen molar-refractivity contribution in [2.24, 2.45) is 10.9 Å². The number of rotatable bonds is 7. The van der Waals surface area contributed by atoms with E-state index in [-0.39, 0.29) is 0 Å². The number of sulfonamides is 1. The summed E-state index contributed by atoms with van der Waals surface area (Å²) < 4.78 is 34.7. The van der Waals surface area contributed by atoms with E-state index in [2.05, 4.69) is 41.3 Å². The van der Waals surface area contributed by atoms with Crippen LogP contribution in [0.5, 0.6) is 0 Å². The summed E-state index contributed by atoms with van der Waals surface area (Å²) in [5.74, 6) is 0.598. The number of ether oxygens (including phenoxy) is 1. The van der Waals surface area contributed by atoms with E-state index in [1.807, 2.05) is 0 Å². The Morgan fingerprint density at radius 2 is 1.84 bits per heavy atom. The van der Waals surface area contributed by atoms with Crippen LogP contribution in [0.3, 0.4) is 0 Å². The first-order valence-electron chi connectivity index (χ1n) is 10.4. The van der Waals surface area contributed by atoms with Crippen molar-refractivity contribution in [1.29, 1.82) is 0 Å². The fraction of sp³-hybridized carbons (Fsp3) is 0.409. The van der Waals surface area contributed by atoms with Crippen LogP contribution in [0.15, 0.2) is 57.0 Å². The standard InChI is InChI=1S/C22H27N3O3S3/c1-17(2)9-10-25-20(21-4-3-15-29-21)16-30-22(25)23-18-5-7-19(8-6-18)31(26,27)24-11-13-28-14-12-24/h3-8,15-17H,9-14H2,1-2H3. The van der Waals surface area contributed by atoms with Crippen molar-refractivity contribution in [3.8, 4) is 10.6 Å². The molecule has 1 aromatic carbocycles. The average molecular weight is 478 g/mol. The first-order chi connectivity index (χ1) is 14.9. The van der Waals surface area contributed by atoms with Gasteiger partial charge in [0.15, 0.2) is 4.80 Å². The topological polar surface area (TPSA) is 63.9 Å². The van der Waals surface area contributed by atoms with Crippen molar-refractivity contribution < 1.29 is 13.2 Å². The highest BCUT2D eigenvalue weighted by molar-refractivity contribution is 7.89. The average Bonchev–Trinajstić information content (AvgIpc) is 3.43. The number of hydrogen-bond acceptors (Lipinski definition) is 6. The second-order valence-corrected chi connectivity index (χ2v) is 11.6. The lowest BCUT2D eigenvalue weighted by molar-refractivity contribution is 0.0730. The van der Waals surface area contributed by atoms with Crippen molar-refractivity contribution >= 4 is 38.4 Å². The summed E-state index contributed by atoms with van der Waals surface area (Å²) in [6.45, 7) is 7.01. The molecule has 3 aromatic rings. The van der Waals surface area contributed by atoms with Crippen LogP contribution < -0.4 is 4.80 Å². The van der Waals surface area contributed by atoms with Gasteiger partial charge in [-0.25, -0.2) is 13.4 Å². The minimum Gasteiger partial charge on any atom is -0.379 e. The maximum absolute atomic E-state index is 12.8. The highest BCUT2D eigenvalue weighted by Crippen LogP contribution is 2.26. The van der Waals surface area contributed by atoms with E-state index < -0.39 is 10.0 Å². The molecule has 0 spiro atoms. The van der Waals surface area contributed by atoms with Crippen LogP contribution >= 0.6 is 22.7 Å². The largest absolute Gasteiger partial charge is 0.379 e. The van der Waals surface area contributed by atoms with Crippen LogP contribution in [-0.4, -0.2) is 43.6 Å².